The van der Waals surface area contributed by atoms with Crippen LogP contribution in [-0.2, 0) is 4.79 Å². The molecule has 1 aromatic rings. The number of hydrogen-bond donors (Lipinski definition) is 2. The fourth-order valence-corrected chi connectivity index (χ4v) is 2.50. The van der Waals surface area contributed by atoms with Gasteiger partial charge in [0, 0.05) is 12.6 Å². The van der Waals surface area contributed by atoms with E-state index in [4.69, 9.17) is 0 Å². The van der Waals surface area contributed by atoms with Gasteiger partial charge in [-0.1, -0.05) is 0 Å². The number of phenols is 1. The van der Waals surface area contributed by atoms with E-state index >= 15 is 0 Å². The molecule has 1 fully saturated rings. The highest BCUT2D eigenvalue weighted by atomic mass is 19.1. The summed E-state index contributed by atoms with van der Waals surface area (Å²) in [5, 5.41) is 19.0. The minimum Gasteiger partial charge on any atom is -0.507 e. The third-order valence-corrected chi connectivity index (χ3v) is 3.79. The molecule has 1 saturated heterocycles. The van der Waals surface area contributed by atoms with Crippen LogP contribution in [0.25, 0.3) is 0 Å². The minimum absolute atomic E-state index is 0.0826. The Morgan fingerprint density at radius 2 is 2.05 bits per heavy atom. The first kappa shape index (κ1) is 14.3. The Labute approximate surface area is 115 Å². The van der Waals surface area contributed by atoms with E-state index in [1.54, 1.807) is 0 Å². The molecule has 2 rings (SSSR count). The molecule has 0 spiro atoms. The number of benzene rings is 1. The summed E-state index contributed by atoms with van der Waals surface area (Å²) >= 11 is 0. The standard InChI is InChI=1S/C14H16FNO4/c1-14(13(19)20)6-2-3-7-16(14)12(18)10-5-4-9(15)8-11(10)17/h4-5,8,17H,2-3,6-7H2,1H3,(H,19,20). The number of nitrogens with zero attached hydrogens (tertiary/aromatic N) is 1. The molecular weight excluding hydrogens is 265 g/mol. The fourth-order valence-electron chi connectivity index (χ4n) is 2.50. The maximum absolute atomic E-state index is 13.0. The first-order valence-electron chi connectivity index (χ1n) is 6.40. The zero-order valence-electron chi connectivity index (χ0n) is 11.1. The summed E-state index contributed by atoms with van der Waals surface area (Å²) in [6, 6.07) is 3.08. The van der Waals surface area contributed by atoms with Gasteiger partial charge in [-0.25, -0.2) is 9.18 Å². The highest BCUT2D eigenvalue weighted by molar-refractivity contribution is 5.99. The largest absolute Gasteiger partial charge is 0.507 e. The van der Waals surface area contributed by atoms with E-state index in [1.165, 1.54) is 17.9 Å². The Morgan fingerprint density at radius 1 is 1.35 bits per heavy atom. The van der Waals surface area contributed by atoms with Gasteiger partial charge in [-0.2, -0.15) is 0 Å². The molecule has 5 nitrogen and oxygen atoms in total. The number of amides is 1. The third kappa shape index (κ3) is 2.33. The van der Waals surface area contributed by atoms with Crippen LogP contribution in [0.1, 0.15) is 36.5 Å². The Kier molecular flexibility index (Phi) is 3.65. The summed E-state index contributed by atoms with van der Waals surface area (Å²) < 4.78 is 13.0. The quantitative estimate of drug-likeness (QED) is 0.869. The van der Waals surface area contributed by atoms with Crippen molar-refractivity contribution >= 4 is 11.9 Å². The zero-order valence-corrected chi connectivity index (χ0v) is 11.1. The van der Waals surface area contributed by atoms with E-state index in [1.807, 2.05) is 0 Å². The second kappa shape index (κ2) is 5.11. The van der Waals surface area contributed by atoms with Crippen molar-refractivity contribution in [2.75, 3.05) is 6.54 Å². The predicted octanol–water partition coefficient (Wildman–Crippen LogP) is 2.00. The van der Waals surface area contributed by atoms with Crippen LogP contribution >= 0.6 is 0 Å². The number of piperidine rings is 1. The van der Waals surface area contributed by atoms with Crippen LogP contribution in [0.4, 0.5) is 4.39 Å². The van der Waals surface area contributed by atoms with Crippen molar-refractivity contribution in [3.05, 3.63) is 29.6 Å². The van der Waals surface area contributed by atoms with Crippen molar-refractivity contribution in [3.63, 3.8) is 0 Å². The molecule has 0 radical (unpaired) electrons. The number of carbonyl (C=O) groups is 2. The summed E-state index contributed by atoms with van der Waals surface area (Å²) in [4.78, 5) is 25.1. The molecule has 1 atom stereocenters. The second-order valence-electron chi connectivity index (χ2n) is 5.15. The Bertz CT molecular complexity index is 560. The number of carboxylic acid groups (broad SMARTS) is 1. The first-order valence-corrected chi connectivity index (χ1v) is 6.40. The molecule has 6 heteroatoms. The van der Waals surface area contributed by atoms with Crippen LogP contribution in [0.2, 0.25) is 0 Å². The van der Waals surface area contributed by atoms with Crippen LogP contribution in [0.15, 0.2) is 18.2 Å². The van der Waals surface area contributed by atoms with Gasteiger partial charge in [0.15, 0.2) is 0 Å². The average molecular weight is 281 g/mol. The van der Waals surface area contributed by atoms with E-state index in [9.17, 15) is 24.2 Å². The van der Waals surface area contributed by atoms with E-state index in [2.05, 4.69) is 0 Å². The summed E-state index contributed by atoms with van der Waals surface area (Å²) in [6.45, 7) is 1.80. The number of hydrogen-bond acceptors (Lipinski definition) is 3. The lowest BCUT2D eigenvalue weighted by atomic mass is 9.87. The second-order valence-corrected chi connectivity index (χ2v) is 5.15. The molecule has 2 N–H and O–H groups in total. The van der Waals surface area contributed by atoms with Crippen LogP contribution < -0.4 is 0 Å². The lowest BCUT2D eigenvalue weighted by Crippen LogP contribution is -2.57. The van der Waals surface area contributed by atoms with Crippen LogP contribution in [0.3, 0.4) is 0 Å². The van der Waals surface area contributed by atoms with Crippen LogP contribution in [0.5, 0.6) is 5.75 Å². The first-order chi connectivity index (χ1) is 9.36. The molecule has 1 aromatic carbocycles. The number of aromatic hydroxyl groups is 1. The van der Waals surface area contributed by atoms with E-state index < -0.39 is 29.0 Å². The topological polar surface area (TPSA) is 77.8 Å². The number of carboxylic acids is 1. The van der Waals surface area contributed by atoms with Crippen LogP contribution in [0, 0.1) is 5.82 Å². The molecule has 1 amide bonds. The van der Waals surface area contributed by atoms with Crippen molar-refractivity contribution in [3.8, 4) is 5.75 Å². The number of halogens is 1. The molecule has 20 heavy (non-hydrogen) atoms. The molecular formula is C14H16FNO4. The van der Waals surface area contributed by atoms with Gasteiger partial charge in [0.05, 0.1) is 5.56 Å². The van der Waals surface area contributed by atoms with Crippen molar-refractivity contribution < 1.29 is 24.2 Å². The van der Waals surface area contributed by atoms with Gasteiger partial charge >= 0.3 is 5.97 Å². The van der Waals surface area contributed by atoms with Gasteiger partial charge in [0.25, 0.3) is 5.91 Å². The number of phenolic OH excluding ortho intramolecular Hbond substituents is 1. The minimum atomic E-state index is -1.30. The van der Waals surface area contributed by atoms with Gasteiger partial charge in [0.2, 0.25) is 0 Å². The van der Waals surface area contributed by atoms with Gasteiger partial charge in [0.1, 0.15) is 17.1 Å². The third-order valence-electron chi connectivity index (χ3n) is 3.79. The molecule has 1 unspecified atom stereocenters. The number of aliphatic carboxylic acids is 1. The van der Waals surface area contributed by atoms with Crippen molar-refractivity contribution in [2.45, 2.75) is 31.7 Å². The monoisotopic (exact) mass is 281 g/mol. The summed E-state index contributed by atoms with van der Waals surface area (Å²) in [5.74, 6) is -2.80. The van der Waals surface area contributed by atoms with Gasteiger partial charge in [-0.05, 0) is 38.3 Å². The highest BCUT2D eigenvalue weighted by Crippen LogP contribution is 2.31. The Morgan fingerprint density at radius 3 is 2.65 bits per heavy atom. The van der Waals surface area contributed by atoms with Gasteiger partial charge in [-0.3, -0.25) is 4.79 Å². The van der Waals surface area contributed by atoms with E-state index in [-0.39, 0.29) is 5.56 Å². The Balaban J connectivity index is 2.37. The highest BCUT2D eigenvalue weighted by Gasteiger charge is 2.44. The summed E-state index contributed by atoms with van der Waals surface area (Å²) in [6.07, 6.45) is 1.79. The lowest BCUT2D eigenvalue weighted by Gasteiger charge is -2.41. The van der Waals surface area contributed by atoms with Gasteiger partial charge in [-0.15, -0.1) is 0 Å². The molecule has 1 aliphatic rings. The number of carbonyl (C=O) groups excluding carboxylic acids is 1. The molecule has 1 aliphatic heterocycles. The molecule has 1 heterocycles. The maximum Gasteiger partial charge on any atom is 0.329 e. The van der Waals surface area contributed by atoms with Gasteiger partial charge < -0.3 is 15.1 Å². The summed E-state index contributed by atoms with van der Waals surface area (Å²) in [7, 11) is 0. The Hall–Kier alpha value is -2.11. The normalized spacial score (nSPS) is 22.6. The summed E-state index contributed by atoms with van der Waals surface area (Å²) in [5.41, 5.74) is -1.38. The van der Waals surface area contributed by atoms with Crippen LogP contribution in [-0.4, -0.2) is 39.1 Å². The van der Waals surface area contributed by atoms with E-state index in [0.29, 0.717) is 19.4 Å². The number of likely N-dealkylation sites (tertiary alicyclic amines) is 1. The smallest absolute Gasteiger partial charge is 0.329 e. The predicted molar refractivity (Wildman–Crippen MR) is 69.0 cm³/mol. The maximum atomic E-state index is 13.0. The van der Waals surface area contributed by atoms with Crippen molar-refractivity contribution in [1.29, 1.82) is 0 Å². The molecule has 0 aromatic heterocycles. The van der Waals surface area contributed by atoms with Crippen molar-refractivity contribution in [1.82, 2.24) is 4.90 Å². The average Bonchev–Trinajstić information content (AvgIpc) is 2.38. The van der Waals surface area contributed by atoms with Crippen molar-refractivity contribution in [2.24, 2.45) is 0 Å². The zero-order chi connectivity index (χ0) is 14.9. The molecule has 0 aliphatic carbocycles. The molecule has 108 valence electrons. The SMILES string of the molecule is CC1(C(=O)O)CCCCN1C(=O)c1ccc(F)cc1O. The molecule has 0 bridgehead atoms. The molecule has 0 saturated carbocycles. The lowest BCUT2D eigenvalue weighted by molar-refractivity contribution is -0.150. The fraction of sp³-hybridized carbons (Fsp3) is 0.429. The number of rotatable bonds is 2. The van der Waals surface area contributed by atoms with E-state index in [0.717, 1.165) is 18.6 Å².